The molecule has 3 nitrogen and oxygen atoms in total. The van der Waals surface area contributed by atoms with Gasteiger partial charge in [0.05, 0.1) is 0 Å². The Balaban J connectivity index is 0.00000180. The molecule has 19 heavy (non-hydrogen) atoms. The molecule has 4 heteroatoms. The summed E-state index contributed by atoms with van der Waals surface area (Å²) < 4.78 is 0. The lowest BCUT2D eigenvalue weighted by atomic mass is 9.95. The molecule has 1 amide bonds. The Morgan fingerprint density at radius 1 is 1.21 bits per heavy atom. The van der Waals surface area contributed by atoms with Gasteiger partial charge < -0.3 is 10.6 Å². The molecule has 2 rings (SSSR count). The summed E-state index contributed by atoms with van der Waals surface area (Å²) >= 11 is 0. The molecule has 1 saturated heterocycles. The lowest BCUT2D eigenvalue weighted by Gasteiger charge is -2.38. The number of halogens is 1. The van der Waals surface area contributed by atoms with Crippen LogP contribution in [0.25, 0.3) is 0 Å². The number of likely N-dealkylation sites (tertiary alicyclic amines) is 1. The fraction of sp³-hybridized carbons (Fsp3) is 0.933. The Morgan fingerprint density at radius 3 is 2.16 bits per heavy atom. The maximum Gasteiger partial charge on any atom is 0.227 e. The van der Waals surface area contributed by atoms with Gasteiger partial charge in [0.15, 0.2) is 0 Å². The number of carbonyl (C=O) groups is 1. The van der Waals surface area contributed by atoms with Crippen molar-refractivity contribution in [3.8, 4) is 0 Å². The fourth-order valence-electron chi connectivity index (χ4n) is 3.76. The zero-order valence-electron chi connectivity index (χ0n) is 12.9. The average molecular weight is 289 g/mol. The first kappa shape index (κ1) is 16.8. The van der Waals surface area contributed by atoms with Gasteiger partial charge in [-0.1, -0.05) is 27.7 Å². The van der Waals surface area contributed by atoms with Gasteiger partial charge >= 0.3 is 0 Å². The predicted octanol–water partition coefficient (Wildman–Crippen LogP) is 2.82. The number of nitrogens with zero attached hydrogens (tertiary/aromatic N) is 1. The van der Waals surface area contributed by atoms with Crippen molar-refractivity contribution in [2.75, 3.05) is 6.54 Å². The third-order valence-corrected chi connectivity index (χ3v) is 5.71. The standard InChI is InChI=1S/C15H28N2O.ClH/c1-10(16)11-8-6-7-9-17(11)13(18)12-14(2,3)15(12,4)5;/h10-12H,6-9,16H2,1-5H3;1H. The highest BCUT2D eigenvalue weighted by molar-refractivity contribution is 5.85. The van der Waals surface area contributed by atoms with Crippen LogP contribution in [0, 0.1) is 16.7 Å². The molecular weight excluding hydrogens is 260 g/mol. The largest absolute Gasteiger partial charge is 0.338 e. The number of nitrogens with two attached hydrogens (primary N) is 1. The van der Waals surface area contributed by atoms with Crippen LogP contribution >= 0.6 is 12.4 Å². The van der Waals surface area contributed by atoms with Gasteiger partial charge in [-0.05, 0) is 37.0 Å². The van der Waals surface area contributed by atoms with Crippen molar-refractivity contribution in [3.63, 3.8) is 0 Å². The van der Waals surface area contributed by atoms with Gasteiger partial charge in [-0.2, -0.15) is 0 Å². The number of hydrogen-bond acceptors (Lipinski definition) is 2. The van der Waals surface area contributed by atoms with E-state index in [1.807, 2.05) is 6.92 Å². The van der Waals surface area contributed by atoms with Crippen molar-refractivity contribution in [1.29, 1.82) is 0 Å². The first-order chi connectivity index (χ1) is 8.21. The van der Waals surface area contributed by atoms with Gasteiger partial charge in [-0.15, -0.1) is 12.4 Å². The summed E-state index contributed by atoms with van der Waals surface area (Å²) in [6, 6.07) is 0.331. The van der Waals surface area contributed by atoms with Crippen LogP contribution in [-0.4, -0.2) is 29.4 Å². The molecule has 1 aliphatic heterocycles. The van der Waals surface area contributed by atoms with Crippen molar-refractivity contribution in [3.05, 3.63) is 0 Å². The van der Waals surface area contributed by atoms with Crippen LogP contribution in [0.4, 0.5) is 0 Å². The summed E-state index contributed by atoms with van der Waals surface area (Å²) in [6.07, 6.45) is 3.40. The quantitative estimate of drug-likeness (QED) is 0.849. The van der Waals surface area contributed by atoms with Crippen LogP contribution in [0.3, 0.4) is 0 Å². The lowest BCUT2D eigenvalue weighted by molar-refractivity contribution is -0.138. The number of carbonyl (C=O) groups excluding carboxylic acids is 1. The SMILES string of the molecule is CC(N)C1CCCCN1C(=O)C1C(C)(C)C1(C)C.Cl. The predicted molar refractivity (Wildman–Crippen MR) is 81.3 cm³/mol. The summed E-state index contributed by atoms with van der Waals surface area (Å²) in [5.74, 6) is 0.511. The Morgan fingerprint density at radius 2 is 1.74 bits per heavy atom. The third-order valence-electron chi connectivity index (χ3n) is 5.71. The molecule has 2 N–H and O–H groups in total. The molecule has 2 atom stereocenters. The summed E-state index contributed by atoms with van der Waals surface area (Å²) in [6.45, 7) is 11.8. The van der Waals surface area contributed by atoms with E-state index in [4.69, 9.17) is 5.73 Å². The zero-order valence-corrected chi connectivity index (χ0v) is 13.7. The zero-order chi connectivity index (χ0) is 13.7. The minimum Gasteiger partial charge on any atom is -0.338 e. The van der Waals surface area contributed by atoms with Crippen LogP contribution in [0.15, 0.2) is 0 Å². The molecule has 1 aliphatic carbocycles. The molecule has 2 fully saturated rings. The average Bonchev–Trinajstić information content (AvgIpc) is 2.68. The summed E-state index contributed by atoms with van der Waals surface area (Å²) in [5, 5.41) is 0. The smallest absolute Gasteiger partial charge is 0.227 e. The molecular formula is C15H29ClN2O. The molecule has 0 radical (unpaired) electrons. The van der Waals surface area contributed by atoms with E-state index in [9.17, 15) is 4.79 Å². The van der Waals surface area contributed by atoms with Crippen molar-refractivity contribution in [2.24, 2.45) is 22.5 Å². The number of piperidine rings is 1. The molecule has 1 heterocycles. The topological polar surface area (TPSA) is 46.3 Å². The molecule has 0 aromatic rings. The molecule has 1 saturated carbocycles. The van der Waals surface area contributed by atoms with Crippen molar-refractivity contribution < 1.29 is 4.79 Å². The van der Waals surface area contributed by atoms with Crippen LogP contribution in [0.5, 0.6) is 0 Å². The Bertz CT molecular complexity index is 338. The van der Waals surface area contributed by atoms with Gasteiger partial charge in [0, 0.05) is 24.5 Å². The maximum atomic E-state index is 12.8. The second kappa shape index (κ2) is 5.25. The van der Waals surface area contributed by atoms with Gasteiger partial charge in [0.2, 0.25) is 5.91 Å². The van der Waals surface area contributed by atoms with E-state index in [1.54, 1.807) is 0 Å². The second-order valence-electron chi connectivity index (χ2n) is 7.33. The Kier molecular flexibility index (Phi) is 4.63. The first-order valence-electron chi connectivity index (χ1n) is 7.27. The summed E-state index contributed by atoms with van der Waals surface area (Å²) in [5.41, 5.74) is 6.31. The summed E-state index contributed by atoms with van der Waals surface area (Å²) in [4.78, 5) is 14.9. The first-order valence-corrected chi connectivity index (χ1v) is 7.27. The molecule has 0 bridgehead atoms. The van der Waals surface area contributed by atoms with Gasteiger partial charge in [0.1, 0.15) is 0 Å². The Hall–Kier alpha value is -0.280. The lowest BCUT2D eigenvalue weighted by Crippen LogP contribution is -2.52. The highest BCUT2D eigenvalue weighted by atomic mass is 35.5. The van der Waals surface area contributed by atoms with Crippen LogP contribution < -0.4 is 5.73 Å². The molecule has 2 unspecified atom stereocenters. The van der Waals surface area contributed by atoms with Crippen LogP contribution in [-0.2, 0) is 4.79 Å². The van der Waals surface area contributed by atoms with E-state index in [2.05, 4.69) is 32.6 Å². The minimum absolute atomic E-state index is 0. The third kappa shape index (κ3) is 2.52. The number of hydrogen-bond donors (Lipinski definition) is 1. The molecule has 2 aliphatic rings. The van der Waals surface area contributed by atoms with E-state index in [0.717, 1.165) is 19.4 Å². The van der Waals surface area contributed by atoms with Gasteiger partial charge in [-0.3, -0.25) is 4.79 Å². The van der Waals surface area contributed by atoms with Gasteiger partial charge in [-0.25, -0.2) is 0 Å². The molecule has 0 aromatic heterocycles. The van der Waals surface area contributed by atoms with Crippen LogP contribution in [0.2, 0.25) is 0 Å². The minimum atomic E-state index is 0. The van der Waals surface area contributed by atoms with Crippen molar-refractivity contribution in [2.45, 2.75) is 66.0 Å². The molecule has 112 valence electrons. The van der Waals surface area contributed by atoms with Gasteiger partial charge in [0.25, 0.3) is 0 Å². The monoisotopic (exact) mass is 288 g/mol. The van der Waals surface area contributed by atoms with Crippen LogP contribution in [0.1, 0.15) is 53.9 Å². The highest BCUT2D eigenvalue weighted by Gasteiger charge is 2.69. The molecule has 0 aromatic carbocycles. The van der Waals surface area contributed by atoms with E-state index < -0.39 is 0 Å². The van der Waals surface area contributed by atoms with E-state index in [0.29, 0.717) is 5.91 Å². The summed E-state index contributed by atoms with van der Waals surface area (Å²) in [7, 11) is 0. The van der Waals surface area contributed by atoms with E-state index in [1.165, 1.54) is 6.42 Å². The van der Waals surface area contributed by atoms with Crippen molar-refractivity contribution >= 4 is 18.3 Å². The molecule has 0 spiro atoms. The maximum absolute atomic E-state index is 12.8. The second-order valence-corrected chi connectivity index (χ2v) is 7.33. The fourth-order valence-corrected chi connectivity index (χ4v) is 3.76. The van der Waals surface area contributed by atoms with E-state index >= 15 is 0 Å². The Labute approximate surface area is 123 Å². The highest BCUT2D eigenvalue weighted by Crippen LogP contribution is 2.69. The number of rotatable bonds is 2. The van der Waals surface area contributed by atoms with E-state index in [-0.39, 0.29) is 41.2 Å². The normalized spacial score (nSPS) is 30.4. The van der Waals surface area contributed by atoms with Crippen molar-refractivity contribution in [1.82, 2.24) is 4.90 Å². The number of amides is 1.